The SMILES string of the molecule is CNCc1ccc(OCc2cn3ccccc3n2)c(F)c1. The van der Waals surface area contributed by atoms with Crippen molar-refractivity contribution in [3.63, 3.8) is 0 Å². The number of hydrogen-bond acceptors (Lipinski definition) is 3. The molecule has 0 saturated carbocycles. The van der Waals surface area contributed by atoms with Crippen LogP contribution in [0.15, 0.2) is 48.8 Å². The highest BCUT2D eigenvalue weighted by Gasteiger charge is 2.07. The van der Waals surface area contributed by atoms with Gasteiger partial charge < -0.3 is 14.5 Å². The standard InChI is InChI=1S/C16H16FN3O/c1-18-9-12-5-6-15(14(17)8-12)21-11-13-10-20-7-3-2-4-16(20)19-13/h2-8,10,18H,9,11H2,1H3. The third-order valence-corrected chi connectivity index (χ3v) is 3.17. The fourth-order valence-corrected chi connectivity index (χ4v) is 2.18. The second-order valence-electron chi connectivity index (χ2n) is 4.78. The summed E-state index contributed by atoms with van der Waals surface area (Å²) < 4.78 is 21.3. The highest BCUT2D eigenvalue weighted by molar-refractivity contribution is 5.39. The number of ether oxygens (including phenoxy) is 1. The van der Waals surface area contributed by atoms with E-state index in [1.165, 1.54) is 6.07 Å². The summed E-state index contributed by atoms with van der Waals surface area (Å²) in [5, 5.41) is 2.98. The van der Waals surface area contributed by atoms with Crippen molar-refractivity contribution in [1.29, 1.82) is 0 Å². The van der Waals surface area contributed by atoms with Gasteiger partial charge in [-0.1, -0.05) is 12.1 Å². The Kier molecular flexibility index (Phi) is 3.83. The molecular formula is C16H16FN3O. The molecule has 0 aliphatic heterocycles. The van der Waals surface area contributed by atoms with Gasteiger partial charge in [-0.15, -0.1) is 0 Å². The first-order valence-corrected chi connectivity index (χ1v) is 6.75. The summed E-state index contributed by atoms with van der Waals surface area (Å²) >= 11 is 0. The second kappa shape index (κ2) is 5.93. The maximum atomic E-state index is 13.9. The van der Waals surface area contributed by atoms with E-state index in [-0.39, 0.29) is 18.2 Å². The molecule has 0 fully saturated rings. The van der Waals surface area contributed by atoms with Gasteiger partial charge in [0.05, 0.1) is 5.69 Å². The molecule has 3 rings (SSSR count). The Morgan fingerprint density at radius 1 is 1.29 bits per heavy atom. The first-order valence-electron chi connectivity index (χ1n) is 6.75. The van der Waals surface area contributed by atoms with Crippen LogP contribution in [0.4, 0.5) is 4.39 Å². The topological polar surface area (TPSA) is 38.6 Å². The number of halogens is 1. The predicted octanol–water partition coefficient (Wildman–Crippen LogP) is 2.77. The van der Waals surface area contributed by atoms with Gasteiger partial charge in [-0.05, 0) is 36.9 Å². The predicted molar refractivity (Wildman–Crippen MR) is 78.7 cm³/mol. The lowest BCUT2D eigenvalue weighted by atomic mass is 10.2. The van der Waals surface area contributed by atoms with Crippen molar-refractivity contribution in [2.75, 3.05) is 7.05 Å². The largest absolute Gasteiger partial charge is 0.484 e. The smallest absolute Gasteiger partial charge is 0.165 e. The number of hydrogen-bond donors (Lipinski definition) is 1. The molecule has 0 amide bonds. The summed E-state index contributed by atoms with van der Waals surface area (Å²) in [6.07, 6.45) is 3.79. The molecule has 0 radical (unpaired) electrons. The molecule has 2 heterocycles. The highest BCUT2D eigenvalue weighted by atomic mass is 19.1. The zero-order valence-corrected chi connectivity index (χ0v) is 11.7. The Morgan fingerprint density at radius 2 is 2.19 bits per heavy atom. The van der Waals surface area contributed by atoms with Crippen LogP contribution in [0.2, 0.25) is 0 Å². The van der Waals surface area contributed by atoms with Crippen molar-refractivity contribution in [2.24, 2.45) is 0 Å². The molecule has 0 unspecified atom stereocenters. The number of rotatable bonds is 5. The molecule has 5 heteroatoms. The van der Waals surface area contributed by atoms with Gasteiger partial charge in [0.15, 0.2) is 11.6 Å². The molecule has 0 aliphatic carbocycles. The normalized spacial score (nSPS) is 11.0. The number of pyridine rings is 1. The molecule has 21 heavy (non-hydrogen) atoms. The summed E-state index contributed by atoms with van der Waals surface area (Å²) in [5.74, 6) is -0.113. The van der Waals surface area contributed by atoms with E-state index in [1.54, 1.807) is 6.07 Å². The Morgan fingerprint density at radius 3 is 2.95 bits per heavy atom. The average molecular weight is 285 g/mol. The molecule has 0 atom stereocenters. The Hall–Kier alpha value is -2.40. The van der Waals surface area contributed by atoms with E-state index in [0.29, 0.717) is 6.54 Å². The lowest BCUT2D eigenvalue weighted by Crippen LogP contribution is -2.05. The third-order valence-electron chi connectivity index (χ3n) is 3.17. The van der Waals surface area contributed by atoms with Crippen molar-refractivity contribution in [3.8, 4) is 5.75 Å². The lowest BCUT2D eigenvalue weighted by Gasteiger charge is -2.07. The highest BCUT2D eigenvalue weighted by Crippen LogP contribution is 2.19. The van der Waals surface area contributed by atoms with Gasteiger partial charge in [0, 0.05) is 18.9 Å². The van der Waals surface area contributed by atoms with Gasteiger partial charge in [-0.25, -0.2) is 9.37 Å². The van der Waals surface area contributed by atoms with Crippen LogP contribution in [-0.2, 0) is 13.2 Å². The molecule has 1 aromatic carbocycles. The number of aromatic nitrogens is 2. The van der Waals surface area contributed by atoms with Crippen LogP contribution in [0, 0.1) is 5.82 Å². The third kappa shape index (κ3) is 3.03. The van der Waals surface area contributed by atoms with E-state index in [4.69, 9.17) is 4.74 Å². The van der Waals surface area contributed by atoms with E-state index in [2.05, 4.69) is 10.3 Å². The van der Waals surface area contributed by atoms with E-state index < -0.39 is 0 Å². The van der Waals surface area contributed by atoms with Crippen molar-refractivity contribution in [2.45, 2.75) is 13.2 Å². The maximum absolute atomic E-state index is 13.9. The van der Waals surface area contributed by atoms with E-state index in [9.17, 15) is 4.39 Å². The first kappa shape index (κ1) is 13.6. The minimum Gasteiger partial charge on any atom is -0.484 e. The van der Waals surface area contributed by atoms with Crippen LogP contribution in [0.25, 0.3) is 5.65 Å². The van der Waals surface area contributed by atoms with Crippen LogP contribution >= 0.6 is 0 Å². The van der Waals surface area contributed by atoms with Gasteiger partial charge in [0.2, 0.25) is 0 Å². The van der Waals surface area contributed by atoms with E-state index in [0.717, 1.165) is 16.9 Å². The molecule has 0 spiro atoms. The fraction of sp³-hybridized carbons (Fsp3) is 0.188. The van der Waals surface area contributed by atoms with Gasteiger partial charge in [0.1, 0.15) is 12.3 Å². The Labute approximate surface area is 122 Å². The van der Waals surface area contributed by atoms with E-state index >= 15 is 0 Å². The molecule has 0 bridgehead atoms. The minimum absolute atomic E-state index is 0.240. The molecule has 4 nitrogen and oxygen atoms in total. The summed E-state index contributed by atoms with van der Waals surface area (Å²) in [4.78, 5) is 4.41. The van der Waals surface area contributed by atoms with Crippen molar-refractivity contribution in [3.05, 3.63) is 65.9 Å². The summed E-state index contributed by atoms with van der Waals surface area (Å²) in [7, 11) is 1.83. The monoisotopic (exact) mass is 285 g/mol. The average Bonchev–Trinajstić information content (AvgIpc) is 2.89. The number of imidazole rings is 1. The van der Waals surface area contributed by atoms with Crippen molar-refractivity contribution < 1.29 is 9.13 Å². The van der Waals surface area contributed by atoms with Crippen molar-refractivity contribution in [1.82, 2.24) is 14.7 Å². The molecule has 1 N–H and O–H groups in total. The van der Waals surface area contributed by atoms with Gasteiger partial charge in [-0.3, -0.25) is 0 Å². The first-order chi connectivity index (χ1) is 10.3. The van der Waals surface area contributed by atoms with Gasteiger partial charge in [-0.2, -0.15) is 0 Å². The summed E-state index contributed by atoms with van der Waals surface area (Å²) in [6, 6.07) is 10.7. The van der Waals surface area contributed by atoms with Crippen LogP contribution in [0.1, 0.15) is 11.3 Å². The van der Waals surface area contributed by atoms with Gasteiger partial charge >= 0.3 is 0 Å². The number of fused-ring (bicyclic) bond motifs is 1. The zero-order valence-electron chi connectivity index (χ0n) is 11.7. The molecule has 2 aromatic heterocycles. The molecular weight excluding hydrogens is 269 g/mol. The van der Waals surface area contributed by atoms with Crippen LogP contribution < -0.4 is 10.1 Å². The van der Waals surface area contributed by atoms with Crippen LogP contribution in [-0.4, -0.2) is 16.4 Å². The second-order valence-corrected chi connectivity index (χ2v) is 4.78. The molecule has 3 aromatic rings. The Bertz CT molecular complexity index is 721. The maximum Gasteiger partial charge on any atom is 0.165 e. The van der Waals surface area contributed by atoms with Crippen LogP contribution in [0.5, 0.6) is 5.75 Å². The summed E-state index contributed by atoms with van der Waals surface area (Å²) in [5.41, 5.74) is 2.50. The zero-order chi connectivity index (χ0) is 14.7. The van der Waals surface area contributed by atoms with Gasteiger partial charge in [0.25, 0.3) is 0 Å². The fourth-order valence-electron chi connectivity index (χ4n) is 2.18. The summed E-state index contributed by atoms with van der Waals surface area (Å²) in [6.45, 7) is 0.869. The number of nitrogens with zero attached hydrogens (tertiary/aromatic N) is 2. The molecule has 108 valence electrons. The number of nitrogens with one attached hydrogen (secondary N) is 1. The van der Waals surface area contributed by atoms with Crippen LogP contribution in [0.3, 0.4) is 0 Å². The molecule has 0 aliphatic rings. The van der Waals surface area contributed by atoms with Crippen molar-refractivity contribution >= 4 is 5.65 Å². The Balaban J connectivity index is 1.72. The number of benzene rings is 1. The van der Waals surface area contributed by atoms with E-state index in [1.807, 2.05) is 48.1 Å². The lowest BCUT2D eigenvalue weighted by molar-refractivity contribution is 0.286. The quantitative estimate of drug-likeness (QED) is 0.783. The minimum atomic E-state index is -0.355. The molecule has 0 saturated heterocycles.